The first-order chi connectivity index (χ1) is 15.2. The molecule has 4 aromatic rings. The number of thioether (sulfide) groups is 1. The average Bonchev–Trinajstić information content (AvgIpc) is 3.24. The summed E-state index contributed by atoms with van der Waals surface area (Å²) in [4.78, 5) is 16.6. The van der Waals surface area contributed by atoms with Gasteiger partial charge < -0.3 is 10.1 Å². The normalized spacial score (nSPS) is 10.6. The zero-order valence-electron chi connectivity index (χ0n) is 16.9. The summed E-state index contributed by atoms with van der Waals surface area (Å²) in [5, 5.41) is 12.2. The number of carbonyl (C=O) groups excluding carboxylic acids is 1. The van der Waals surface area contributed by atoms with Crippen LogP contribution in [0.25, 0.3) is 17.1 Å². The minimum Gasteiger partial charge on any atom is -0.494 e. The van der Waals surface area contributed by atoms with Gasteiger partial charge in [0.1, 0.15) is 5.75 Å². The summed E-state index contributed by atoms with van der Waals surface area (Å²) < 4.78 is 7.47. The van der Waals surface area contributed by atoms with E-state index in [0.717, 1.165) is 22.7 Å². The van der Waals surface area contributed by atoms with Crippen LogP contribution in [0.15, 0.2) is 84.3 Å². The summed E-state index contributed by atoms with van der Waals surface area (Å²) in [6.07, 6.45) is 3.45. The van der Waals surface area contributed by atoms with Crippen LogP contribution in [-0.4, -0.2) is 38.0 Å². The lowest BCUT2D eigenvalue weighted by molar-refractivity contribution is -0.113. The van der Waals surface area contributed by atoms with Gasteiger partial charge in [-0.05, 0) is 55.5 Å². The van der Waals surface area contributed by atoms with Crippen molar-refractivity contribution in [2.24, 2.45) is 0 Å². The summed E-state index contributed by atoms with van der Waals surface area (Å²) in [7, 11) is 0. The van der Waals surface area contributed by atoms with Crippen LogP contribution >= 0.6 is 11.8 Å². The molecule has 0 bridgehead atoms. The molecular formula is C23H21N5O2S. The quantitative estimate of drug-likeness (QED) is 0.415. The molecular weight excluding hydrogens is 410 g/mol. The van der Waals surface area contributed by atoms with Gasteiger partial charge in [-0.3, -0.25) is 14.3 Å². The van der Waals surface area contributed by atoms with Gasteiger partial charge in [0.25, 0.3) is 0 Å². The third-order valence-corrected chi connectivity index (χ3v) is 5.28. The van der Waals surface area contributed by atoms with Crippen LogP contribution < -0.4 is 10.1 Å². The van der Waals surface area contributed by atoms with E-state index in [0.29, 0.717) is 17.6 Å². The molecule has 0 radical (unpaired) electrons. The molecule has 1 amide bonds. The zero-order valence-corrected chi connectivity index (χ0v) is 17.7. The van der Waals surface area contributed by atoms with E-state index >= 15 is 0 Å². The highest BCUT2D eigenvalue weighted by Gasteiger charge is 2.17. The molecule has 0 aliphatic carbocycles. The second-order valence-corrected chi connectivity index (χ2v) is 7.46. The molecule has 0 atom stereocenters. The number of amides is 1. The van der Waals surface area contributed by atoms with Gasteiger partial charge in [-0.1, -0.05) is 30.0 Å². The van der Waals surface area contributed by atoms with Crippen molar-refractivity contribution in [2.75, 3.05) is 17.7 Å². The van der Waals surface area contributed by atoms with Gasteiger partial charge in [0.05, 0.1) is 12.4 Å². The number of ether oxygens (including phenoxy) is 1. The predicted molar refractivity (Wildman–Crippen MR) is 122 cm³/mol. The lowest BCUT2D eigenvalue weighted by Crippen LogP contribution is -2.14. The van der Waals surface area contributed by atoms with E-state index in [-0.39, 0.29) is 11.7 Å². The Morgan fingerprint density at radius 2 is 1.84 bits per heavy atom. The van der Waals surface area contributed by atoms with Gasteiger partial charge in [0.2, 0.25) is 5.91 Å². The van der Waals surface area contributed by atoms with Crippen LogP contribution in [0.1, 0.15) is 6.92 Å². The smallest absolute Gasteiger partial charge is 0.234 e. The highest BCUT2D eigenvalue weighted by atomic mass is 32.2. The number of hydrogen-bond donors (Lipinski definition) is 1. The van der Waals surface area contributed by atoms with Gasteiger partial charge in [-0.25, -0.2) is 0 Å². The fourth-order valence-electron chi connectivity index (χ4n) is 2.98. The molecule has 0 aliphatic rings. The van der Waals surface area contributed by atoms with Crippen LogP contribution in [0.2, 0.25) is 0 Å². The van der Waals surface area contributed by atoms with Crippen molar-refractivity contribution < 1.29 is 9.53 Å². The first-order valence-electron chi connectivity index (χ1n) is 9.81. The Hall–Kier alpha value is -3.65. The molecule has 156 valence electrons. The Morgan fingerprint density at radius 3 is 2.55 bits per heavy atom. The van der Waals surface area contributed by atoms with E-state index in [2.05, 4.69) is 20.5 Å². The highest BCUT2D eigenvalue weighted by Crippen LogP contribution is 2.28. The number of carbonyl (C=O) groups is 1. The molecule has 7 nitrogen and oxygen atoms in total. The minimum atomic E-state index is -0.111. The third kappa shape index (κ3) is 5.10. The van der Waals surface area contributed by atoms with Gasteiger partial charge in [-0.2, -0.15) is 0 Å². The van der Waals surface area contributed by atoms with Gasteiger partial charge >= 0.3 is 0 Å². The maximum atomic E-state index is 12.4. The number of para-hydroxylation sites is 1. The van der Waals surface area contributed by atoms with Crippen molar-refractivity contribution in [1.82, 2.24) is 19.7 Å². The lowest BCUT2D eigenvalue weighted by atomic mass is 10.2. The van der Waals surface area contributed by atoms with Crippen LogP contribution in [0.3, 0.4) is 0 Å². The first kappa shape index (κ1) is 20.6. The van der Waals surface area contributed by atoms with Crippen molar-refractivity contribution >= 4 is 23.4 Å². The lowest BCUT2D eigenvalue weighted by Gasteiger charge is -2.11. The Balaban J connectivity index is 1.60. The van der Waals surface area contributed by atoms with Crippen LogP contribution in [0, 0.1) is 0 Å². The van der Waals surface area contributed by atoms with E-state index in [1.165, 1.54) is 11.8 Å². The third-order valence-electron chi connectivity index (χ3n) is 4.35. The van der Waals surface area contributed by atoms with Gasteiger partial charge in [0, 0.05) is 29.3 Å². The van der Waals surface area contributed by atoms with Crippen LogP contribution in [0.4, 0.5) is 5.69 Å². The summed E-state index contributed by atoms with van der Waals surface area (Å²) >= 11 is 1.32. The molecule has 0 aliphatic heterocycles. The van der Waals surface area contributed by atoms with E-state index < -0.39 is 0 Å². The number of benzene rings is 2. The molecule has 8 heteroatoms. The average molecular weight is 432 g/mol. The number of rotatable bonds is 8. The van der Waals surface area contributed by atoms with Crippen molar-refractivity contribution in [3.05, 3.63) is 79.1 Å². The Morgan fingerprint density at radius 1 is 1.03 bits per heavy atom. The molecule has 0 saturated heterocycles. The number of pyridine rings is 1. The standard InChI is InChI=1S/C23H21N5O2S/c1-2-30-20-12-10-19(11-13-20)28-22(17-7-6-14-24-15-17)26-27-23(28)31-16-21(29)25-18-8-4-3-5-9-18/h3-15H,2,16H2,1H3,(H,25,29). The zero-order chi connectivity index (χ0) is 21.5. The molecule has 0 saturated carbocycles. The van der Waals surface area contributed by atoms with Crippen LogP contribution in [-0.2, 0) is 4.79 Å². The summed E-state index contributed by atoms with van der Waals surface area (Å²) in [5.41, 5.74) is 2.47. The predicted octanol–water partition coefficient (Wildman–Crippen LogP) is 4.46. The molecule has 2 heterocycles. The highest BCUT2D eigenvalue weighted by molar-refractivity contribution is 7.99. The SMILES string of the molecule is CCOc1ccc(-n2c(SCC(=O)Nc3ccccc3)nnc2-c2cccnc2)cc1. The summed E-state index contributed by atoms with van der Waals surface area (Å²) in [6.45, 7) is 2.55. The molecule has 1 N–H and O–H groups in total. The van der Waals surface area contributed by atoms with Crippen molar-refractivity contribution in [2.45, 2.75) is 12.1 Å². The molecule has 2 aromatic carbocycles. The minimum absolute atomic E-state index is 0.111. The van der Waals surface area contributed by atoms with E-state index in [9.17, 15) is 4.79 Å². The second-order valence-electron chi connectivity index (χ2n) is 6.51. The summed E-state index contributed by atoms with van der Waals surface area (Å²) in [6, 6.07) is 20.9. The fourth-order valence-corrected chi connectivity index (χ4v) is 3.74. The topological polar surface area (TPSA) is 81.9 Å². The van der Waals surface area contributed by atoms with Crippen molar-refractivity contribution in [1.29, 1.82) is 0 Å². The van der Waals surface area contributed by atoms with E-state index in [1.807, 2.05) is 78.2 Å². The largest absolute Gasteiger partial charge is 0.494 e. The number of nitrogens with one attached hydrogen (secondary N) is 1. The summed E-state index contributed by atoms with van der Waals surface area (Å²) in [5.74, 6) is 1.54. The molecule has 2 aromatic heterocycles. The van der Waals surface area contributed by atoms with Crippen molar-refractivity contribution in [3.8, 4) is 22.8 Å². The first-order valence-corrected chi connectivity index (χ1v) is 10.8. The molecule has 31 heavy (non-hydrogen) atoms. The number of aromatic nitrogens is 4. The Bertz CT molecular complexity index is 1130. The Labute approximate surface area is 184 Å². The monoisotopic (exact) mass is 431 g/mol. The number of nitrogens with zero attached hydrogens (tertiary/aromatic N) is 4. The number of hydrogen-bond acceptors (Lipinski definition) is 6. The Kier molecular flexibility index (Phi) is 6.59. The number of anilines is 1. The molecule has 0 spiro atoms. The van der Waals surface area contributed by atoms with Gasteiger partial charge in [-0.15, -0.1) is 10.2 Å². The molecule has 0 fully saturated rings. The fraction of sp³-hybridized carbons (Fsp3) is 0.130. The van der Waals surface area contributed by atoms with Crippen LogP contribution in [0.5, 0.6) is 5.75 Å². The van der Waals surface area contributed by atoms with E-state index in [1.54, 1.807) is 12.4 Å². The maximum Gasteiger partial charge on any atom is 0.234 e. The van der Waals surface area contributed by atoms with Crippen molar-refractivity contribution in [3.63, 3.8) is 0 Å². The van der Waals surface area contributed by atoms with E-state index in [4.69, 9.17) is 4.74 Å². The van der Waals surface area contributed by atoms with Gasteiger partial charge in [0.15, 0.2) is 11.0 Å². The second kappa shape index (κ2) is 9.90. The molecule has 4 rings (SSSR count). The maximum absolute atomic E-state index is 12.4. The molecule has 0 unspecified atom stereocenters.